The number of esters is 1. The number of hydrogen-bond donors (Lipinski definition) is 1. The molecule has 27 heavy (non-hydrogen) atoms. The summed E-state index contributed by atoms with van der Waals surface area (Å²) in [5.74, 6) is -1.18. The number of rotatable bonds is 9. The molecule has 0 bridgehead atoms. The summed E-state index contributed by atoms with van der Waals surface area (Å²) in [5.41, 5.74) is 0.0780. The van der Waals surface area contributed by atoms with E-state index in [0.717, 1.165) is 4.88 Å². The average molecular weight is 411 g/mol. The quantitative estimate of drug-likeness (QED) is 0.640. The maximum atomic E-state index is 12.5. The molecule has 1 aromatic carbocycles. The highest BCUT2D eigenvalue weighted by molar-refractivity contribution is 7.89. The Labute approximate surface area is 163 Å². The first kappa shape index (κ1) is 21.1. The number of sulfonamides is 1. The van der Waals surface area contributed by atoms with Crippen LogP contribution in [0.1, 0.15) is 29.1 Å². The lowest BCUT2D eigenvalue weighted by Gasteiger charge is -2.18. The number of nitrogens with one attached hydrogen (secondary N) is 1. The van der Waals surface area contributed by atoms with Crippen LogP contribution in [0, 0.1) is 0 Å². The van der Waals surface area contributed by atoms with Gasteiger partial charge < -0.3 is 10.1 Å². The highest BCUT2D eigenvalue weighted by atomic mass is 32.2. The van der Waals surface area contributed by atoms with Crippen molar-refractivity contribution in [1.82, 2.24) is 9.62 Å². The monoisotopic (exact) mass is 410 g/mol. The highest BCUT2D eigenvalue weighted by Crippen LogP contribution is 2.17. The van der Waals surface area contributed by atoms with E-state index in [4.69, 9.17) is 4.74 Å². The fourth-order valence-corrected chi connectivity index (χ4v) is 4.51. The first-order chi connectivity index (χ1) is 12.9. The maximum Gasteiger partial charge on any atom is 0.338 e. The van der Waals surface area contributed by atoms with E-state index in [0.29, 0.717) is 19.6 Å². The second-order valence-electron chi connectivity index (χ2n) is 5.55. The van der Waals surface area contributed by atoms with Crippen LogP contribution in [0.25, 0.3) is 0 Å². The molecule has 146 valence electrons. The van der Waals surface area contributed by atoms with Gasteiger partial charge >= 0.3 is 5.97 Å². The van der Waals surface area contributed by atoms with E-state index in [2.05, 4.69) is 5.32 Å². The van der Waals surface area contributed by atoms with Crippen molar-refractivity contribution in [3.05, 3.63) is 52.2 Å². The van der Waals surface area contributed by atoms with E-state index >= 15 is 0 Å². The van der Waals surface area contributed by atoms with Crippen LogP contribution in [0.2, 0.25) is 0 Å². The van der Waals surface area contributed by atoms with Crippen LogP contribution in [0.3, 0.4) is 0 Å². The van der Waals surface area contributed by atoms with Gasteiger partial charge in [-0.15, -0.1) is 11.3 Å². The topological polar surface area (TPSA) is 92.8 Å². The third-order valence-corrected chi connectivity index (χ3v) is 6.71. The summed E-state index contributed by atoms with van der Waals surface area (Å²) >= 11 is 1.51. The van der Waals surface area contributed by atoms with Crippen molar-refractivity contribution in [2.24, 2.45) is 0 Å². The molecule has 1 amide bonds. The molecule has 0 fully saturated rings. The molecule has 0 radical (unpaired) electrons. The van der Waals surface area contributed by atoms with E-state index in [1.807, 2.05) is 17.5 Å². The number of thiophene rings is 1. The first-order valence-corrected chi connectivity index (χ1v) is 10.8. The van der Waals surface area contributed by atoms with E-state index in [9.17, 15) is 18.0 Å². The standard InChI is InChI=1S/C18H22N2O5S2/c1-3-20(4-2)27(23,24)16-9-5-7-14(11-16)18(22)25-13-17(21)19-12-15-8-6-10-26-15/h5-11H,3-4,12-13H2,1-2H3,(H,19,21). The minimum atomic E-state index is -3.67. The van der Waals surface area contributed by atoms with Gasteiger partial charge in [0.25, 0.3) is 5.91 Å². The molecule has 1 heterocycles. The van der Waals surface area contributed by atoms with Gasteiger partial charge in [0.2, 0.25) is 10.0 Å². The van der Waals surface area contributed by atoms with Gasteiger partial charge in [0.1, 0.15) is 0 Å². The third kappa shape index (κ3) is 5.62. The minimum Gasteiger partial charge on any atom is -0.452 e. The smallest absolute Gasteiger partial charge is 0.338 e. The van der Waals surface area contributed by atoms with Crippen LogP contribution < -0.4 is 5.32 Å². The Morgan fingerprint density at radius 3 is 2.52 bits per heavy atom. The van der Waals surface area contributed by atoms with Crippen LogP contribution in [0.15, 0.2) is 46.7 Å². The lowest BCUT2D eigenvalue weighted by molar-refractivity contribution is -0.124. The maximum absolute atomic E-state index is 12.5. The van der Waals surface area contributed by atoms with Gasteiger partial charge in [-0.05, 0) is 29.6 Å². The van der Waals surface area contributed by atoms with E-state index in [1.165, 1.54) is 39.9 Å². The molecule has 2 aromatic rings. The zero-order valence-electron chi connectivity index (χ0n) is 15.2. The van der Waals surface area contributed by atoms with Crippen molar-refractivity contribution >= 4 is 33.2 Å². The van der Waals surface area contributed by atoms with Crippen LogP contribution in [0.4, 0.5) is 0 Å². The number of carbonyl (C=O) groups is 2. The van der Waals surface area contributed by atoms with Gasteiger partial charge in [0.15, 0.2) is 6.61 Å². The van der Waals surface area contributed by atoms with Gasteiger partial charge in [-0.2, -0.15) is 4.31 Å². The number of hydrogen-bond acceptors (Lipinski definition) is 6. The summed E-state index contributed by atoms with van der Waals surface area (Å²) in [4.78, 5) is 24.9. The lowest BCUT2D eigenvalue weighted by Crippen LogP contribution is -2.30. The van der Waals surface area contributed by atoms with Crippen LogP contribution in [0.5, 0.6) is 0 Å². The summed E-state index contributed by atoms with van der Waals surface area (Å²) < 4.78 is 31.4. The average Bonchev–Trinajstić information content (AvgIpc) is 3.19. The van der Waals surface area contributed by atoms with Crippen molar-refractivity contribution in [1.29, 1.82) is 0 Å². The van der Waals surface area contributed by atoms with E-state index in [1.54, 1.807) is 13.8 Å². The largest absolute Gasteiger partial charge is 0.452 e. The summed E-state index contributed by atoms with van der Waals surface area (Å²) in [5, 5.41) is 4.55. The Bertz CT molecular complexity index is 875. The van der Waals surface area contributed by atoms with Crippen molar-refractivity contribution in [2.75, 3.05) is 19.7 Å². The first-order valence-electron chi connectivity index (χ1n) is 8.44. The molecular formula is C18H22N2O5S2. The second-order valence-corrected chi connectivity index (χ2v) is 8.52. The lowest BCUT2D eigenvalue weighted by atomic mass is 10.2. The minimum absolute atomic E-state index is 0.0165. The van der Waals surface area contributed by atoms with Crippen molar-refractivity contribution in [3.8, 4) is 0 Å². The normalized spacial score (nSPS) is 11.4. The Kier molecular flexibility index (Phi) is 7.52. The summed E-state index contributed by atoms with van der Waals surface area (Å²) in [6, 6.07) is 9.39. The fraction of sp³-hybridized carbons (Fsp3) is 0.333. The zero-order chi connectivity index (χ0) is 19.9. The van der Waals surface area contributed by atoms with Crippen LogP contribution in [-0.2, 0) is 26.1 Å². The van der Waals surface area contributed by atoms with Gasteiger partial charge in [-0.3, -0.25) is 4.79 Å². The number of nitrogens with zero attached hydrogens (tertiary/aromatic N) is 1. The summed E-state index contributed by atoms with van der Waals surface area (Å²) in [7, 11) is -3.67. The van der Waals surface area contributed by atoms with Crippen molar-refractivity contribution in [2.45, 2.75) is 25.3 Å². The molecule has 2 rings (SSSR count). The third-order valence-electron chi connectivity index (χ3n) is 3.79. The number of benzene rings is 1. The SMILES string of the molecule is CCN(CC)S(=O)(=O)c1cccc(C(=O)OCC(=O)NCc2cccs2)c1. The molecule has 7 nitrogen and oxygen atoms in total. The van der Waals surface area contributed by atoms with Gasteiger partial charge in [0.05, 0.1) is 17.0 Å². The molecule has 0 aliphatic carbocycles. The Morgan fingerprint density at radius 1 is 1.15 bits per heavy atom. The Balaban J connectivity index is 1.97. The van der Waals surface area contributed by atoms with Crippen molar-refractivity contribution in [3.63, 3.8) is 0 Å². The molecular weight excluding hydrogens is 388 g/mol. The molecule has 9 heteroatoms. The zero-order valence-corrected chi connectivity index (χ0v) is 16.8. The predicted octanol–water partition coefficient (Wildman–Crippen LogP) is 2.25. The highest BCUT2D eigenvalue weighted by Gasteiger charge is 2.23. The molecule has 0 saturated heterocycles. The predicted molar refractivity (Wildman–Crippen MR) is 103 cm³/mol. The number of amides is 1. The second kappa shape index (κ2) is 9.63. The molecule has 0 unspecified atom stereocenters. The van der Waals surface area contributed by atoms with Gasteiger partial charge in [-0.25, -0.2) is 13.2 Å². The van der Waals surface area contributed by atoms with Crippen molar-refractivity contribution < 1.29 is 22.7 Å². The van der Waals surface area contributed by atoms with E-state index < -0.39 is 28.5 Å². The Hall–Kier alpha value is -2.23. The molecule has 0 atom stereocenters. The summed E-state index contributed by atoms with van der Waals surface area (Å²) in [6.07, 6.45) is 0. The molecule has 0 aliphatic heterocycles. The molecule has 1 N–H and O–H groups in total. The number of ether oxygens (including phenoxy) is 1. The Morgan fingerprint density at radius 2 is 1.89 bits per heavy atom. The van der Waals surface area contributed by atoms with E-state index in [-0.39, 0.29) is 10.5 Å². The molecule has 0 aliphatic rings. The molecule has 0 spiro atoms. The van der Waals surface area contributed by atoms with Crippen LogP contribution in [-0.4, -0.2) is 44.3 Å². The van der Waals surface area contributed by atoms with Crippen LogP contribution >= 0.6 is 11.3 Å². The van der Waals surface area contributed by atoms with Gasteiger partial charge in [-0.1, -0.05) is 26.0 Å². The molecule has 0 saturated carbocycles. The summed E-state index contributed by atoms with van der Waals surface area (Å²) in [6.45, 7) is 4.08. The van der Waals surface area contributed by atoms with Gasteiger partial charge in [0, 0.05) is 18.0 Å². The molecule has 1 aromatic heterocycles. The fourth-order valence-electron chi connectivity index (χ4n) is 2.36. The number of carbonyl (C=O) groups excluding carboxylic acids is 2.